The summed E-state index contributed by atoms with van der Waals surface area (Å²) in [4.78, 5) is 32.2. The summed E-state index contributed by atoms with van der Waals surface area (Å²) in [6.07, 6.45) is 8.38. The second-order valence-corrected chi connectivity index (χ2v) is 7.95. The monoisotopic (exact) mass is 453 g/mol. The molecule has 1 atom stereocenters. The highest BCUT2D eigenvalue weighted by molar-refractivity contribution is 5.94. The predicted molar refractivity (Wildman–Crippen MR) is 125 cm³/mol. The van der Waals surface area contributed by atoms with Crippen LogP contribution in [-0.4, -0.2) is 43.8 Å². The number of amides is 1. The lowest BCUT2D eigenvalue weighted by molar-refractivity contribution is 0.0705. The number of rotatable bonds is 6. The van der Waals surface area contributed by atoms with Crippen LogP contribution in [0.25, 0.3) is 0 Å². The van der Waals surface area contributed by atoms with Crippen molar-refractivity contribution in [2.45, 2.75) is 18.8 Å². The summed E-state index contributed by atoms with van der Waals surface area (Å²) in [5.41, 5.74) is 1.38. The lowest BCUT2D eigenvalue weighted by Gasteiger charge is -2.32. The number of carbonyl (C=O) groups excluding carboxylic acids is 1. The van der Waals surface area contributed by atoms with Crippen molar-refractivity contribution in [1.82, 2.24) is 24.8 Å². The van der Waals surface area contributed by atoms with Crippen LogP contribution >= 0.6 is 0 Å². The Morgan fingerprint density at radius 3 is 2.59 bits per heavy atom. The fourth-order valence-electron chi connectivity index (χ4n) is 3.94. The molecule has 0 aliphatic carbocycles. The fraction of sp³-hybridized carbons (Fsp3) is 0.192. The summed E-state index contributed by atoms with van der Waals surface area (Å²) in [5.74, 6) is 1.70. The summed E-state index contributed by atoms with van der Waals surface area (Å²) in [5, 5.41) is 0. The Labute approximate surface area is 197 Å². The van der Waals surface area contributed by atoms with E-state index in [0.717, 1.165) is 18.5 Å². The first-order chi connectivity index (χ1) is 16.7. The van der Waals surface area contributed by atoms with Gasteiger partial charge in [-0.2, -0.15) is 0 Å². The molecule has 4 aromatic rings. The summed E-state index contributed by atoms with van der Waals surface area (Å²) in [6, 6.07) is 18.5. The van der Waals surface area contributed by atoms with Gasteiger partial charge >= 0.3 is 6.01 Å². The minimum atomic E-state index is -0.0474. The second-order valence-electron chi connectivity index (χ2n) is 7.95. The van der Waals surface area contributed by atoms with E-state index >= 15 is 0 Å². The average molecular weight is 454 g/mol. The van der Waals surface area contributed by atoms with Crippen molar-refractivity contribution in [2.75, 3.05) is 13.1 Å². The molecule has 1 fully saturated rings. The number of hydrogen-bond acceptors (Lipinski definition) is 7. The smallest absolute Gasteiger partial charge is 0.321 e. The maximum Gasteiger partial charge on any atom is 0.321 e. The third-order valence-corrected chi connectivity index (χ3v) is 5.56. The Morgan fingerprint density at radius 1 is 0.912 bits per heavy atom. The molecule has 1 amide bonds. The molecule has 1 saturated heterocycles. The van der Waals surface area contributed by atoms with Gasteiger partial charge in [0.05, 0.1) is 11.9 Å². The predicted octanol–water partition coefficient (Wildman–Crippen LogP) is 4.87. The average Bonchev–Trinajstić information content (AvgIpc) is 2.90. The molecular weight excluding hydrogens is 430 g/mol. The highest BCUT2D eigenvalue weighted by Gasteiger charge is 2.27. The van der Waals surface area contributed by atoms with Gasteiger partial charge in [-0.05, 0) is 49.2 Å². The van der Waals surface area contributed by atoms with E-state index in [2.05, 4.69) is 19.9 Å². The largest absolute Gasteiger partial charge is 0.437 e. The zero-order valence-corrected chi connectivity index (χ0v) is 18.4. The zero-order valence-electron chi connectivity index (χ0n) is 18.4. The molecule has 8 heteroatoms. The van der Waals surface area contributed by atoms with Crippen LogP contribution in [0.5, 0.6) is 23.4 Å². The van der Waals surface area contributed by atoms with Gasteiger partial charge in [0.1, 0.15) is 11.5 Å². The number of ether oxygens (including phenoxy) is 2. The van der Waals surface area contributed by atoms with E-state index < -0.39 is 0 Å². The topological polar surface area (TPSA) is 90.3 Å². The number of nitrogens with zero attached hydrogens (tertiary/aromatic N) is 5. The van der Waals surface area contributed by atoms with Gasteiger partial charge in [0.15, 0.2) is 0 Å². The summed E-state index contributed by atoms with van der Waals surface area (Å²) in [6.45, 7) is 1.25. The highest BCUT2D eigenvalue weighted by atomic mass is 16.5. The molecule has 1 aliphatic heterocycles. The number of piperidine rings is 1. The maximum atomic E-state index is 13.3. The molecule has 0 bridgehead atoms. The minimum Gasteiger partial charge on any atom is -0.437 e. The molecular formula is C26H23N5O3. The van der Waals surface area contributed by atoms with Crippen LogP contribution in [0.2, 0.25) is 0 Å². The maximum absolute atomic E-state index is 13.3. The van der Waals surface area contributed by atoms with Crippen molar-refractivity contribution >= 4 is 5.91 Å². The molecule has 0 N–H and O–H groups in total. The minimum absolute atomic E-state index is 0.0474. The Hall–Kier alpha value is -4.33. The molecule has 0 radical (unpaired) electrons. The third kappa shape index (κ3) is 5.17. The molecule has 2 aromatic carbocycles. The van der Waals surface area contributed by atoms with Crippen LogP contribution in [-0.2, 0) is 0 Å². The summed E-state index contributed by atoms with van der Waals surface area (Å²) >= 11 is 0. The van der Waals surface area contributed by atoms with Crippen LogP contribution in [0.1, 0.15) is 34.8 Å². The summed E-state index contributed by atoms with van der Waals surface area (Å²) in [7, 11) is 0. The first-order valence-corrected chi connectivity index (χ1v) is 11.1. The van der Waals surface area contributed by atoms with Crippen molar-refractivity contribution in [3.63, 3.8) is 0 Å². The SMILES string of the molecule is O=C(c1cccc(Oc2ncccn2)c1)N1CCCC(c2cncc(Oc3ccccc3)n2)C1. The fourth-order valence-corrected chi connectivity index (χ4v) is 3.94. The summed E-state index contributed by atoms with van der Waals surface area (Å²) < 4.78 is 11.5. The van der Waals surface area contributed by atoms with E-state index in [0.29, 0.717) is 36.0 Å². The van der Waals surface area contributed by atoms with Crippen LogP contribution in [0.15, 0.2) is 85.5 Å². The first-order valence-electron chi connectivity index (χ1n) is 11.1. The normalized spacial score (nSPS) is 15.5. The molecule has 170 valence electrons. The number of hydrogen-bond donors (Lipinski definition) is 0. The quantitative estimate of drug-likeness (QED) is 0.411. The lowest BCUT2D eigenvalue weighted by Crippen LogP contribution is -2.39. The molecule has 5 rings (SSSR count). The van der Waals surface area contributed by atoms with E-state index in [9.17, 15) is 4.79 Å². The van der Waals surface area contributed by atoms with E-state index in [1.807, 2.05) is 35.2 Å². The zero-order chi connectivity index (χ0) is 23.2. The van der Waals surface area contributed by atoms with Gasteiger partial charge in [-0.15, -0.1) is 0 Å². The van der Waals surface area contributed by atoms with Gasteiger partial charge in [0, 0.05) is 43.2 Å². The Kier molecular flexibility index (Phi) is 6.38. The van der Waals surface area contributed by atoms with Crippen molar-refractivity contribution in [1.29, 1.82) is 0 Å². The van der Waals surface area contributed by atoms with Gasteiger partial charge in [-0.25, -0.2) is 15.0 Å². The molecule has 1 aliphatic rings. The molecule has 2 aromatic heterocycles. The number of benzene rings is 2. The third-order valence-electron chi connectivity index (χ3n) is 5.56. The van der Waals surface area contributed by atoms with Gasteiger partial charge in [-0.1, -0.05) is 24.3 Å². The van der Waals surface area contributed by atoms with Crippen molar-refractivity contribution in [3.05, 3.63) is 96.7 Å². The molecule has 0 spiro atoms. The van der Waals surface area contributed by atoms with E-state index in [1.54, 1.807) is 55.1 Å². The molecule has 0 saturated carbocycles. The number of aromatic nitrogens is 4. The van der Waals surface area contributed by atoms with Gasteiger partial charge in [0.25, 0.3) is 5.91 Å². The number of carbonyl (C=O) groups is 1. The Balaban J connectivity index is 1.28. The number of likely N-dealkylation sites (tertiary alicyclic amines) is 1. The molecule has 34 heavy (non-hydrogen) atoms. The first kappa shape index (κ1) is 21.5. The Bertz CT molecular complexity index is 1250. The molecule has 3 heterocycles. The van der Waals surface area contributed by atoms with E-state index in [-0.39, 0.29) is 17.8 Å². The van der Waals surface area contributed by atoms with Crippen LogP contribution in [0, 0.1) is 0 Å². The van der Waals surface area contributed by atoms with Crippen LogP contribution < -0.4 is 9.47 Å². The van der Waals surface area contributed by atoms with Gasteiger partial charge in [-0.3, -0.25) is 9.78 Å². The number of para-hydroxylation sites is 1. The van der Waals surface area contributed by atoms with Crippen molar-refractivity contribution < 1.29 is 14.3 Å². The van der Waals surface area contributed by atoms with Crippen LogP contribution in [0.4, 0.5) is 0 Å². The Morgan fingerprint density at radius 2 is 1.74 bits per heavy atom. The van der Waals surface area contributed by atoms with Crippen LogP contribution in [0.3, 0.4) is 0 Å². The van der Waals surface area contributed by atoms with Gasteiger partial charge < -0.3 is 14.4 Å². The van der Waals surface area contributed by atoms with Crippen molar-refractivity contribution in [3.8, 4) is 23.4 Å². The van der Waals surface area contributed by atoms with E-state index in [1.165, 1.54) is 0 Å². The molecule has 8 nitrogen and oxygen atoms in total. The van der Waals surface area contributed by atoms with Crippen molar-refractivity contribution in [2.24, 2.45) is 0 Å². The molecule has 1 unspecified atom stereocenters. The highest BCUT2D eigenvalue weighted by Crippen LogP contribution is 2.29. The van der Waals surface area contributed by atoms with Gasteiger partial charge in [0.2, 0.25) is 5.88 Å². The van der Waals surface area contributed by atoms with E-state index in [4.69, 9.17) is 9.47 Å². The second kappa shape index (κ2) is 10.1. The lowest BCUT2D eigenvalue weighted by atomic mass is 9.94. The standard InChI is InChI=1S/C26H23N5O3/c32-25(19-7-4-11-22(15-19)34-26-28-12-6-13-29-26)31-14-5-8-20(18-31)23-16-27-17-24(30-23)33-21-9-2-1-3-10-21/h1-4,6-7,9-13,15-17,20H,5,8,14,18H2.